The fourth-order valence-electron chi connectivity index (χ4n) is 1.12. The van der Waals surface area contributed by atoms with E-state index >= 15 is 0 Å². The Morgan fingerprint density at radius 1 is 1.50 bits per heavy atom. The van der Waals surface area contributed by atoms with Crippen LogP contribution in [0.4, 0.5) is 0 Å². The molecule has 4 heteroatoms. The van der Waals surface area contributed by atoms with E-state index in [-0.39, 0.29) is 11.7 Å². The highest BCUT2D eigenvalue weighted by Gasteiger charge is 2.07. The number of halogens is 2. The monoisotopic (exact) mass is 248 g/mol. The summed E-state index contributed by atoms with van der Waals surface area (Å²) < 4.78 is 0. The maximum absolute atomic E-state index is 11.2. The van der Waals surface area contributed by atoms with Crippen molar-refractivity contribution in [2.75, 3.05) is 12.1 Å². The van der Waals surface area contributed by atoms with Crippen LogP contribution in [0.25, 0.3) is 0 Å². The first-order valence-electron chi connectivity index (χ1n) is 4.07. The molecule has 0 spiro atoms. The number of rotatable bonds is 4. The molecule has 0 aliphatic heterocycles. The highest BCUT2D eigenvalue weighted by Crippen LogP contribution is 2.24. The fraction of sp³-hybridized carbons (Fsp3) is 0.300. The smallest absolute Gasteiger partial charge is 0.151 e. The highest BCUT2D eigenvalue weighted by atomic mass is 35.5. The molecule has 0 fully saturated rings. The van der Waals surface area contributed by atoms with Crippen molar-refractivity contribution in [1.82, 2.24) is 0 Å². The minimum atomic E-state index is 0.0317. The molecule has 0 radical (unpaired) electrons. The number of benzene rings is 1. The molecule has 1 rings (SSSR count). The number of ketones is 1. The van der Waals surface area contributed by atoms with E-state index < -0.39 is 0 Å². The fourth-order valence-corrected chi connectivity index (χ4v) is 2.10. The Bertz CT molecular complexity index is 339. The van der Waals surface area contributed by atoms with Crippen LogP contribution in [-0.4, -0.2) is 17.9 Å². The molecule has 0 saturated heterocycles. The molecular weight excluding hydrogens is 239 g/mol. The van der Waals surface area contributed by atoms with Gasteiger partial charge in [-0.25, -0.2) is 0 Å². The molecule has 0 aliphatic carbocycles. The topological polar surface area (TPSA) is 17.1 Å². The van der Waals surface area contributed by atoms with Crippen molar-refractivity contribution >= 4 is 40.7 Å². The van der Waals surface area contributed by atoms with Crippen LogP contribution in [0, 0.1) is 0 Å². The van der Waals surface area contributed by atoms with Gasteiger partial charge in [0.25, 0.3) is 0 Å². The second kappa shape index (κ2) is 5.64. The molecule has 0 N–H and O–H groups in total. The lowest BCUT2D eigenvalue weighted by Gasteiger charge is -2.05. The third-order valence-electron chi connectivity index (χ3n) is 1.79. The van der Waals surface area contributed by atoms with Crippen LogP contribution in [-0.2, 0) is 11.2 Å². The molecule has 1 aromatic rings. The third kappa shape index (κ3) is 3.19. The summed E-state index contributed by atoms with van der Waals surface area (Å²) in [4.78, 5) is 12.2. The third-order valence-corrected chi connectivity index (χ3v) is 3.14. The van der Waals surface area contributed by atoms with Crippen LogP contribution in [0.1, 0.15) is 5.56 Å². The summed E-state index contributed by atoms with van der Waals surface area (Å²) in [6.07, 6.45) is 2.34. The molecule has 0 atom stereocenters. The quantitative estimate of drug-likeness (QED) is 0.600. The Morgan fingerprint density at radius 2 is 2.21 bits per heavy atom. The summed E-state index contributed by atoms with van der Waals surface area (Å²) in [7, 11) is 0. The zero-order valence-corrected chi connectivity index (χ0v) is 10.0. The first-order valence-corrected chi connectivity index (χ1v) is 6.21. The van der Waals surface area contributed by atoms with Crippen molar-refractivity contribution in [2.24, 2.45) is 0 Å². The van der Waals surface area contributed by atoms with Crippen molar-refractivity contribution in [3.63, 3.8) is 0 Å². The molecular formula is C10H10Cl2OS. The minimum Gasteiger partial charge on any atom is -0.298 e. The SMILES string of the molecule is CSc1cc(Cl)ccc1CC(=O)CCl. The van der Waals surface area contributed by atoms with Gasteiger partial charge in [0.15, 0.2) is 5.78 Å². The van der Waals surface area contributed by atoms with Gasteiger partial charge >= 0.3 is 0 Å². The first-order chi connectivity index (χ1) is 6.67. The molecule has 0 saturated carbocycles. The maximum Gasteiger partial charge on any atom is 0.151 e. The molecule has 14 heavy (non-hydrogen) atoms. The van der Waals surface area contributed by atoms with Gasteiger partial charge < -0.3 is 0 Å². The second-order valence-corrected chi connectivity index (χ2v) is 4.36. The summed E-state index contributed by atoms with van der Waals surface area (Å²) in [6.45, 7) is 0. The van der Waals surface area contributed by atoms with Crippen LogP contribution < -0.4 is 0 Å². The highest BCUT2D eigenvalue weighted by molar-refractivity contribution is 7.98. The number of hydrogen-bond donors (Lipinski definition) is 0. The van der Waals surface area contributed by atoms with Gasteiger partial charge in [-0.3, -0.25) is 4.79 Å². The van der Waals surface area contributed by atoms with Crippen molar-refractivity contribution in [2.45, 2.75) is 11.3 Å². The number of carbonyl (C=O) groups is 1. The van der Waals surface area contributed by atoms with E-state index in [1.165, 1.54) is 0 Å². The number of carbonyl (C=O) groups excluding carboxylic acids is 1. The summed E-state index contributed by atoms with van der Waals surface area (Å²) in [5.41, 5.74) is 0.993. The molecule has 0 bridgehead atoms. The van der Waals surface area contributed by atoms with Crippen LogP contribution in [0.3, 0.4) is 0 Å². The van der Waals surface area contributed by atoms with E-state index in [1.807, 2.05) is 18.4 Å². The Kier molecular flexibility index (Phi) is 4.79. The van der Waals surface area contributed by atoms with Crippen molar-refractivity contribution in [3.8, 4) is 0 Å². The first kappa shape index (κ1) is 11.9. The summed E-state index contributed by atoms with van der Waals surface area (Å²) >= 11 is 12.9. The summed E-state index contributed by atoms with van der Waals surface area (Å²) in [5, 5.41) is 0.691. The van der Waals surface area contributed by atoms with E-state index in [0.717, 1.165) is 10.5 Å². The van der Waals surface area contributed by atoms with E-state index in [4.69, 9.17) is 23.2 Å². The van der Waals surface area contributed by atoms with Gasteiger partial charge in [-0.15, -0.1) is 23.4 Å². The lowest BCUT2D eigenvalue weighted by Crippen LogP contribution is -2.04. The molecule has 0 aliphatic rings. The van der Waals surface area contributed by atoms with Crippen LogP contribution >= 0.6 is 35.0 Å². The number of Topliss-reactive ketones (excluding diaryl/α,β-unsaturated/α-hetero) is 1. The molecule has 0 heterocycles. The molecule has 1 nitrogen and oxygen atoms in total. The number of alkyl halides is 1. The summed E-state index contributed by atoms with van der Waals surface area (Å²) in [6, 6.07) is 5.53. The van der Waals surface area contributed by atoms with Gasteiger partial charge in [-0.1, -0.05) is 17.7 Å². The normalized spacial score (nSPS) is 10.2. The minimum absolute atomic E-state index is 0.0317. The average Bonchev–Trinajstić information content (AvgIpc) is 2.20. The molecule has 0 unspecified atom stereocenters. The number of hydrogen-bond acceptors (Lipinski definition) is 2. The van der Waals surface area contributed by atoms with Crippen LogP contribution in [0.2, 0.25) is 5.02 Å². The van der Waals surface area contributed by atoms with Crippen LogP contribution in [0.5, 0.6) is 0 Å². The standard InChI is InChI=1S/C10H10Cl2OS/c1-14-10-5-8(12)3-2-7(10)4-9(13)6-11/h2-3,5H,4,6H2,1H3. The largest absolute Gasteiger partial charge is 0.298 e. The molecule has 0 amide bonds. The predicted octanol–water partition coefficient (Wildman–Crippen LogP) is 3.41. The predicted molar refractivity (Wildman–Crippen MR) is 62.7 cm³/mol. The Morgan fingerprint density at radius 3 is 2.79 bits per heavy atom. The maximum atomic E-state index is 11.2. The zero-order valence-electron chi connectivity index (χ0n) is 7.72. The molecule has 1 aromatic carbocycles. The van der Waals surface area contributed by atoms with Gasteiger partial charge in [-0.2, -0.15) is 0 Å². The van der Waals surface area contributed by atoms with Crippen molar-refractivity contribution < 1.29 is 4.79 Å². The van der Waals surface area contributed by atoms with Gasteiger partial charge in [-0.05, 0) is 24.0 Å². The zero-order chi connectivity index (χ0) is 10.6. The second-order valence-electron chi connectivity index (χ2n) is 2.81. The lowest BCUT2D eigenvalue weighted by molar-refractivity contribution is -0.116. The lowest BCUT2D eigenvalue weighted by atomic mass is 10.1. The van der Waals surface area contributed by atoms with Crippen molar-refractivity contribution in [3.05, 3.63) is 28.8 Å². The number of thioether (sulfide) groups is 1. The van der Waals surface area contributed by atoms with Gasteiger partial charge in [0.05, 0.1) is 5.88 Å². The Hall–Kier alpha value is -0.180. The van der Waals surface area contributed by atoms with E-state index in [0.29, 0.717) is 11.4 Å². The van der Waals surface area contributed by atoms with E-state index in [1.54, 1.807) is 17.8 Å². The Labute approximate surface area is 97.8 Å². The van der Waals surface area contributed by atoms with Crippen LogP contribution in [0.15, 0.2) is 23.1 Å². The summed E-state index contributed by atoms with van der Waals surface area (Å²) in [5.74, 6) is 0.0977. The Balaban J connectivity index is 2.90. The van der Waals surface area contributed by atoms with Gasteiger partial charge in [0.1, 0.15) is 0 Å². The van der Waals surface area contributed by atoms with Gasteiger partial charge in [0.2, 0.25) is 0 Å². The van der Waals surface area contributed by atoms with Gasteiger partial charge in [0, 0.05) is 16.3 Å². The van der Waals surface area contributed by atoms with E-state index in [9.17, 15) is 4.79 Å². The van der Waals surface area contributed by atoms with Crippen molar-refractivity contribution in [1.29, 1.82) is 0 Å². The van der Waals surface area contributed by atoms with E-state index in [2.05, 4.69) is 0 Å². The molecule has 0 aromatic heterocycles. The average molecular weight is 249 g/mol. The molecule has 76 valence electrons.